The number of nitrogens with one attached hydrogen (secondary N) is 1. The lowest BCUT2D eigenvalue weighted by molar-refractivity contribution is 0.0745. The molecule has 2 amide bonds. The standard InChI is InChI=1S/C23H30N4O2/c28-22(24-19-12-7-2-1-3-8-13-19)20-16-21-23(29)26(14-9-15-27(21)25-20)17-18-10-5-4-6-11-18/h4-6,10-11,16,19H,1-3,7-9,12-15,17H2,(H,24,28). The van der Waals surface area contributed by atoms with Gasteiger partial charge in [0.2, 0.25) is 0 Å². The Morgan fingerprint density at radius 1 is 1.00 bits per heavy atom. The highest BCUT2D eigenvalue weighted by atomic mass is 16.2. The van der Waals surface area contributed by atoms with Crippen LogP contribution >= 0.6 is 0 Å². The molecule has 0 bridgehead atoms. The zero-order valence-corrected chi connectivity index (χ0v) is 17.0. The molecule has 0 spiro atoms. The van der Waals surface area contributed by atoms with Crippen LogP contribution in [-0.4, -0.2) is 39.1 Å². The first-order valence-electron chi connectivity index (χ1n) is 10.9. The maximum absolute atomic E-state index is 13.1. The molecule has 0 saturated heterocycles. The Bertz CT molecular complexity index is 838. The summed E-state index contributed by atoms with van der Waals surface area (Å²) in [6, 6.07) is 11.9. The molecule has 1 aromatic carbocycles. The second-order valence-electron chi connectivity index (χ2n) is 8.22. The van der Waals surface area contributed by atoms with Gasteiger partial charge in [-0.1, -0.05) is 62.4 Å². The molecule has 6 heteroatoms. The van der Waals surface area contributed by atoms with Gasteiger partial charge in [-0.05, 0) is 24.8 Å². The fraction of sp³-hybridized carbons (Fsp3) is 0.522. The lowest BCUT2D eigenvalue weighted by atomic mass is 9.96. The van der Waals surface area contributed by atoms with Gasteiger partial charge in [-0.3, -0.25) is 14.3 Å². The monoisotopic (exact) mass is 394 g/mol. The minimum Gasteiger partial charge on any atom is -0.348 e. The van der Waals surface area contributed by atoms with Gasteiger partial charge in [0.1, 0.15) is 5.69 Å². The maximum Gasteiger partial charge on any atom is 0.272 e. The summed E-state index contributed by atoms with van der Waals surface area (Å²) in [6.07, 6.45) is 9.02. The maximum atomic E-state index is 13.1. The van der Waals surface area contributed by atoms with Gasteiger partial charge in [0.15, 0.2) is 5.69 Å². The van der Waals surface area contributed by atoms with Gasteiger partial charge in [0, 0.05) is 31.7 Å². The van der Waals surface area contributed by atoms with E-state index in [1.807, 2.05) is 35.2 Å². The van der Waals surface area contributed by atoms with E-state index in [9.17, 15) is 9.59 Å². The van der Waals surface area contributed by atoms with E-state index in [2.05, 4.69) is 10.4 Å². The zero-order chi connectivity index (χ0) is 20.1. The van der Waals surface area contributed by atoms with Crippen molar-refractivity contribution in [3.05, 3.63) is 53.3 Å². The van der Waals surface area contributed by atoms with Gasteiger partial charge in [0.25, 0.3) is 11.8 Å². The highest BCUT2D eigenvalue weighted by Gasteiger charge is 2.27. The van der Waals surface area contributed by atoms with Crippen molar-refractivity contribution in [2.45, 2.75) is 70.5 Å². The van der Waals surface area contributed by atoms with E-state index >= 15 is 0 Å². The van der Waals surface area contributed by atoms with Crippen molar-refractivity contribution >= 4 is 11.8 Å². The Kier molecular flexibility index (Phi) is 6.27. The Labute approximate surface area is 172 Å². The first-order valence-corrected chi connectivity index (χ1v) is 10.9. The average molecular weight is 395 g/mol. The molecule has 0 radical (unpaired) electrons. The zero-order valence-electron chi connectivity index (χ0n) is 17.0. The van der Waals surface area contributed by atoms with Crippen LogP contribution in [-0.2, 0) is 13.1 Å². The second-order valence-corrected chi connectivity index (χ2v) is 8.22. The summed E-state index contributed by atoms with van der Waals surface area (Å²) in [6.45, 7) is 1.93. The normalized spacial score (nSPS) is 18.5. The molecule has 0 unspecified atom stereocenters. The molecule has 2 aromatic rings. The van der Waals surface area contributed by atoms with E-state index < -0.39 is 0 Å². The van der Waals surface area contributed by atoms with Gasteiger partial charge in [-0.15, -0.1) is 0 Å². The summed E-state index contributed by atoms with van der Waals surface area (Å²) in [4.78, 5) is 27.7. The molecule has 4 rings (SSSR count). The van der Waals surface area contributed by atoms with Crippen molar-refractivity contribution in [2.24, 2.45) is 0 Å². The van der Waals surface area contributed by atoms with E-state index in [0.29, 0.717) is 31.0 Å². The number of nitrogens with zero attached hydrogens (tertiary/aromatic N) is 3. The van der Waals surface area contributed by atoms with E-state index in [4.69, 9.17) is 0 Å². The first-order chi connectivity index (χ1) is 14.2. The second kappa shape index (κ2) is 9.25. The van der Waals surface area contributed by atoms with Crippen LogP contribution in [0.5, 0.6) is 0 Å². The topological polar surface area (TPSA) is 67.2 Å². The molecular weight excluding hydrogens is 364 g/mol. The van der Waals surface area contributed by atoms with E-state index in [1.165, 1.54) is 19.3 Å². The molecule has 1 aliphatic heterocycles. The van der Waals surface area contributed by atoms with Crippen molar-refractivity contribution in [3.8, 4) is 0 Å². The number of fused-ring (bicyclic) bond motifs is 1. The van der Waals surface area contributed by atoms with E-state index in [-0.39, 0.29) is 17.9 Å². The summed E-state index contributed by atoms with van der Waals surface area (Å²) in [5.41, 5.74) is 1.98. The average Bonchev–Trinajstić information content (AvgIpc) is 3.08. The third-order valence-corrected chi connectivity index (χ3v) is 5.97. The third kappa shape index (κ3) is 4.86. The largest absolute Gasteiger partial charge is 0.348 e. The number of carbonyl (C=O) groups excluding carboxylic acids is 2. The first kappa shape index (κ1) is 19.7. The predicted molar refractivity (Wildman–Crippen MR) is 112 cm³/mol. The molecule has 1 aromatic heterocycles. The van der Waals surface area contributed by atoms with Crippen LogP contribution in [0.25, 0.3) is 0 Å². The third-order valence-electron chi connectivity index (χ3n) is 5.97. The minimum atomic E-state index is -0.154. The molecule has 6 nitrogen and oxygen atoms in total. The number of rotatable bonds is 4. The number of benzene rings is 1. The number of aromatic nitrogens is 2. The van der Waals surface area contributed by atoms with Gasteiger partial charge in [0.05, 0.1) is 0 Å². The Morgan fingerprint density at radius 2 is 1.72 bits per heavy atom. The van der Waals surface area contributed by atoms with Gasteiger partial charge in [-0.2, -0.15) is 5.10 Å². The molecule has 1 aliphatic carbocycles. The summed E-state index contributed by atoms with van der Waals surface area (Å²) in [7, 11) is 0. The fourth-order valence-corrected chi connectivity index (χ4v) is 4.36. The van der Waals surface area contributed by atoms with Gasteiger partial charge < -0.3 is 10.2 Å². The summed E-state index contributed by atoms with van der Waals surface area (Å²) in [5.74, 6) is -0.206. The van der Waals surface area contributed by atoms with Crippen LogP contribution in [0.4, 0.5) is 0 Å². The minimum absolute atomic E-state index is 0.0520. The van der Waals surface area contributed by atoms with Crippen LogP contribution < -0.4 is 5.32 Å². The number of hydrogen-bond donors (Lipinski definition) is 1. The van der Waals surface area contributed by atoms with Crippen molar-refractivity contribution in [2.75, 3.05) is 6.54 Å². The van der Waals surface area contributed by atoms with Crippen molar-refractivity contribution in [1.82, 2.24) is 20.0 Å². The van der Waals surface area contributed by atoms with Crippen molar-refractivity contribution < 1.29 is 9.59 Å². The molecular formula is C23H30N4O2. The predicted octanol–water partition coefficient (Wildman–Crippen LogP) is 3.77. The van der Waals surface area contributed by atoms with Crippen LogP contribution in [0.1, 0.15) is 77.9 Å². The lowest BCUT2D eigenvalue weighted by Gasteiger charge is -2.20. The molecule has 154 valence electrons. The number of carbonyl (C=O) groups is 2. The molecule has 1 fully saturated rings. The fourth-order valence-electron chi connectivity index (χ4n) is 4.36. The van der Waals surface area contributed by atoms with Gasteiger partial charge in [-0.25, -0.2) is 0 Å². The summed E-state index contributed by atoms with van der Waals surface area (Å²) < 4.78 is 1.71. The van der Waals surface area contributed by atoms with Crippen LogP contribution in [0, 0.1) is 0 Å². The van der Waals surface area contributed by atoms with Gasteiger partial charge >= 0.3 is 0 Å². The number of hydrogen-bond acceptors (Lipinski definition) is 3. The lowest BCUT2D eigenvalue weighted by Crippen LogP contribution is -2.35. The molecule has 2 aliphatic rings. The number of amides is 2. The Balaban J connectivity index is 1.45. The smallest absolute Gasteiger partial charge is 0.272 e. The van der Waals surface area contributed by atoms with E-state index in [1.54, 1.807) is 10.7 Å². The number of aryl methyl sites for hydroxylation is 1. The summed E-state index contributed by atoms with van der Waals surface area (Å²) >= 11 is 0. The Morgan fingerprint density at radius 3 is 2.48 bits per heavy atom. The Hall–Kier alpha value is -2.63. The van der Waals surface area contributed by atoms with E-state index in [0.717, 1.165) is 37.7 Å². The highest BCUT2D eigenvalue weighted by molar-refractivity contribution is 5.98. The molecule has 29 heavy (non-hydrogen) atoms. The molecule has 0 atom stereocenters. The van der Waals surface area contributed by atoms with Crippen LogP contribution in [0.15, 0.2) is 36.4 Å². The molecule has 2 heterocycles. The summed E-state index contributed by atoms with van der Waals surface area (Å²) in [5, 5.41) is 7.62. The van der Waals surface area contributed by atoms with Crippen molar-refractivity contribution in [3.63, 3.8) is 0 Å². The quantitative estimate of drug-likeness (QED) is 0.858. The van der Waals surface area contributed by atoms with Crippen molar-refractivity contribution in [1.29, 1.82) is 0 Å². The van der Waals surface area contributed by atoms with Crippen LogP contribution in [0.3, 0.4) is 0 Å². The molecule has 1 N–H and O–H groups in total. The highest BCUT2D eigenvalue weighted by Crippen LogP contribution is 2.19. The SMILES string of the molecule is O=C(NC1CCCCCCC1)c1cc2n(n1)CCCN(Cc1ccccc1)C2=O. The molecule has 1 saturated carbocycles. The van der Waals surface area contributed by atoms with Crippen LogP contribution in [0.2, 0.25) is 0 Å².